The number of rotatable bonds is 5. The molecule has 0 aromatic heterocycles. The zero-order valence-electron chi connectivity index (χ0n) is 15.8. The van der Waals surface area contributed by atoms with Crippen molar-refractivity contribution in [2.75, 3.05) is 11.9 Å². The van der Waals surface area contributed by atoms with E-state index in [-0.39, 0.29) is 28.5 Å². The minimum absolute atomic E-state index is 0.0199. The van der Waals surface area contributed by atoms with E-state index < -0.39 is 16.7 Å². The van der Waals surface area contributed by atoms with Crippen LogP contribution in [0.15, 0.2) is 48.5 Å². The van der Waals surface area contributed by atoms with Crippen LogP contribution < -0.4 is 10.6 Å². The van der Waals surface area contributed by atoms with E-state index in [4.69, 9.17) is 11.6 Å². The number of carbonyl (C=O) groups is 2. The second kappa shape index (κ2) is 9.02. The maximum Gasteiger partial charge on any atom is 0.313 e. The topological polar surface area (TPSA) is 105 Å². The van der Waals surface area contributed by atoms with Gasteiger partial charge in [0.15, 0.2) is 0 Å². The summed E-state index contributed by atoms with van der Waals surface area (Å²) in [6.45, 7) is 3.48. The summed E-state index contributed by atoms with van der Waals surface area (Å²) in [5.74, 6) is -1.71. The number of carbonyl (C=O) groups excluding carboxylic acids is 2. The summed E-state index contributed by atoms with van der Waals surface area (Å²) in [7, 11) is 0. The third-order valence-corrected chi connectivity index (χ3v) is 5.21. The monoisotopic (exact) mass is 416 g/mol. The third kappa shape index (κ3) is 5.30. The van der Waals surface area contributed by atoms with Crippen molar-refractivity contribution < 1.29 is 14.5 Å². The fourth-order valence-electron chi connectivity index (χ4n) is 3.39. The van der Waals surface area contributed by atoms with Gasteiger partial charge in [-0.1, -0.05) is 41.9 Å². The molecule has 9 heteroatoms. The van der Waals surface area contributed by atoms with Crippen LogP contribution >= 0.6 is 11.6 Å². The summed E-state index contributed by atoms with van der Waals surface area (Å²) in [5.41, 5.74) is 0.974. The Morgan fingerprint density at radius 1 is 1.21 bits per heavy atom. The number of likely N-dealkylation sites (tertiary alicyclic amines) is 1. The molecule has 3 rings (SSSR count). The highest BCUT2D eigenvalue weighted by Crippen LogP contribution is 2.26. The van der Waals surface area contributed by atoms with Gasteiger partial charge >= 0.3 is 11.8 Å². The van der Waals surface area contributed by atoms with E-state index in [0.717, 1.165) is 19.0 Å². The molecule has 152 valence electrons. The number of nitrogens with zero attached hydrogens (tertiary/aromatic N) is 2. The van der Waals surface area contributed by atoms with E-state index in [1.807, 2.05) is 18.2 Å². The average molecular weight is 417 g/mol. The van der Waals surface area contributed by atoms with Crippen LogP contribution in [0.5, 0.6) is 0 Å². The molecule has 1 saturated heterocycles. The molecule has 0 spiro atoms. The zero-order chi connectivity index (χ0) is 21.0. The molecule has 0 saturated carbocycles. The van der Waals surface area contributed by atoms with E-state index in [9.17, 15) is 19.7 Å². The molecule has 1 aliphatic rings. The highest BCUT2D eigenvalue weighted by molar-refractivity contribution is 6.41. The fourth-order valence-corrected chi connectivity index (χ4v) is 3.56. The predicted octanol–water partition coefficient (Wildman–Crippen LogP) is 2.97. The van der Waals surface area contributed by atoms with Crippen LogP contribution in [-0.4, -0.2) is 40.3 Å². The third-order valence-electron chi connectivity index (χ3n) is 4.88. The summed E-state index contributed by atoms with van der Waals surface area (Å²) in [5, 5.41) is 16.1. The normalized spacial score (nSPS) is 19.0. The van der Waals surface area contributed by atoms with Gasteiger partial charge in [-0.25, -0.2) is 0 Å². The number of halogens is 1. The quantitative estimate of drug-likeness (QED) is 0.443. The molecule has 1 fully saturated rings. The molecule has 2 aromatic rings. The van der Waals surface area contributed by atoms with Crippen LogP contribution in [0.25, 0.3) is 0 Å². The molecule has 0 bridgehead atoms. The van der Waals surface area contributed by atoms with Crippen LogP contribution in [0.4, 0.5) is 11.4 Å². The number of anilines is 1. The second-order valence-electron chi connectivity index (χ2n) is 7.05. The molecule has 0 aliphatic carbocycles. The van der Waals surface area contributed by atoms with Gasteiger partial charge in [0, 0.05) is 37.3 Å². The Morgan fingerprint density at radius 2 is 1.93 bits per heavy atom. The van der Waals surface area contributed by atoms with Crippen molar-refractivity contribution in [1.29, 1.82) is 0 Å². The zero-order valence-corrected chi connectivity index (χ0v) is 16.6. The van der Waals surface area contributed by atoms with Crippen LogP contribution in [0, 0.1) is 10.1 Å². The first-order chi connectivity index (χ1) is 13.8. The largest absolute Gasteiger partial charge is 0.344 e. The van der Waals surface area contributed by atoms with Crippen LogP contribution in [0.2, 0.25) is 5.02 Å². The molecule has 2 N–H and O–H groups in total. The Balaban J connectivity index is 1.57. The summed E-state index contributed by atoms with van der Waals surface area (Å²) in [6, 6.07) is 13.8. The van der Waals surface area contributed by atoms with Gasteiger partial charge in [0.05, 0.1) is 15.6 Å². The molecule has 1 aliphatic heterocycles. The van der Waals surface area contributed by atoms with Gasteiger partial charge in [-0.05, 0) is 25.0 Å². The standard InChI is InChI=1S/C20H21ClN4O4/c1-13-9-15(12-24(13)11-14-5-3-2-4-6-14)22-19(26)20(27)23-18-10-16(25(28)29)7-8-17(18)21/h2-8,10,13,15H,9,11-12H2,1H3,(H,22,26)(H,23,27). The van der Waals surface area contributed by atoms with Crippen molar-refractivity contribution in [2.45, 2.75) is 32.0 Å². The molecule has 0 radical (unpaired) electrons. The molecule has 8 nitrogen and oxygen atoms in total. The first-order valence-electron chi connectivity index (χ1n) is 9.17. The molecule has 2 amide bonds. The van der Waals surface area contributed by atoms with Crippen molar-refractivity contribution >= 4 is 34.8 Å². The van der Waals surface area contributed by atoms with Crippen LogP contribution in [-0.2, 0) is 16.1 Å². The number of nitro benzene ring substituents is 1. The van der Waals surface area contributed by atoms with E-state index in [0.29, 0.717) is 6.54 Å². The Bertz CT molecular complexity index is 922. The smallest absolute Gasteiger partial charge is 0.313 e. The van der Waals surface area contributed by atoms with Gasteiger partial charge in [-0.2, -0.15) is 0 Å². The van der Waals surface area contributed by atoms with Gasteiger partial charge in [0.1, 0.15) is 0 Å². The number of nitrogens with one attached hydrogen (secondary N) is 2. The Kier molecular flexibility index (Phi) is 6.46. The molecule has 29 heavy (non-hydrogen) atoms. The number of non-ortho nitro benzene ring substituents is 1. The summed E-state index contributed by atoms with van der Waals surface area (Å²) >= 11 is 5.96. The highest BCUT2D eigenvalue weighted by Gasteiger charge is 2.31. The predicted molar refractivity (Wildman–Crippen MR) is 110 cm³/mol. The lowest BCUT2D eigenvalue weighted by molar-refractivity contribution is -0.384. The van der Waals surface area contributed by atoms with Crippen molar-refractivity contribution in [3.63, 3.8) is 0 Å². The summed E-state index contributed by atoms with van der Waals surface area (Å²) < 4.78 is 0. The lowest BCUT2D eigenvalue weighted by atomic mass is 10.2. The molecular formula is C20H21ClN4O4. The van der Waals surface area contributed by atoms with Crippen LogP contribution in [0.1, 0.15) is 18.9 Å². The van der Waals surface area contributed by atoms with Gasteiger partial charge in [-0.15, -0.1) is 0 Å². The van der Waals surface area contributed by atoms with Crippen LogP contribution in [0.3, 0.4) is 0 Å². The molecular weight excluding hydrogens is 396 g/mol. The number of hydrogen-bond acceptors (Lipinski definition) is 5. The van der Waals surface area contributed by atoms with Gasteiger partial charge in [-0.3, -0.25) is 24.6 Å². The second-order valence-corrected chi connectivity index (χ2v) is 7.45. The maximum atomic E-state index is 12.3. The van der Waals surface area contributed by atoms with Gasteiger partial charge in [0.25, 0.3) is 5.69 Å². The van der Waals surface area contributed by atoms with Crippen molar-refractivity contribution in [3.05, 3.63) is 69.2 Å². The number of benzene rings is 2. The fraction of sp³-hybridized carbons (Fsp3) is 0.300. The van der Waals surface area contributed by atoms with Gasteiger partial charge < -0.3 is 10.6 Å². The average Bonchev–Trinajstić information content (AvgIpc) is 3.02. The molecule has 2 aromatic carbocycles. The molecule has 2 atom stereocenters. The number of hydrogen-bond donors (Lipinski definition) is 2. The highest BCUT2D eigenvalue weighted by atomic mass is 35.5. The Labute approximate surface area is 173 Å². The van der Waals surface area contributed by atoms with Gasteiger partial charge in [0.2, 0.25) is 0 Å². The van der Waals surface area contributed by atoms with E-state index in [2.05, 4.69) is 34.6 Å². The first kappa shape index (κ1) is 20.8. The van der Waals surface area contributed by atoms with Crippen molar-refractivity contribution in [3.8, 4) is 0 Å². The maximum absolute atomic E-state index is 12.3. The Morgan fingerprint density at radius 3 is 2.62 bits per heavy atom. The number of nitro groups is 1. The minimum Gasteiger partial charge on any atom is -0.344 e. The van der Waals surface area contributed by atoms with E-state index in [1.165, 1.54) is 17.7 Å². The van der Waals surface area contributed by atoms with E-state index in [1.54, 1.807) is 0 Å². The van der Waals surface area contributed by atoms with Crippen molar-refractivity contribution in [2.24, 2.45) is 0 Å². The lowest BCUT2D eigenvalue weighted by Gasteiger charge is -2.20. The van der Waals surface area contributed by atoms with Crippen molar-refractivity contribution in [1.82, 2.24) is 10.2 Å². The molecule has 2 unspecified atom stereocenters. The SMILES string of the molecule is CC1CC(NC(=O)C(=O)Nc2cc([N+](=O)[O-])ccc2Cl)CN1Cc1ccccc1. The first-order valence-corrected chi connectivity index (χ1v) is 9.55. The Hall–Kier alpha value is -2.97. The lowest BCUT2D eigenvalue weighted by Crippen LogP contribution is -2.43. The minimum atomic E-state index is -0.915. The molecule has 1 heterocycles. The summed E-state index contributed by atoms with van der Waals surface area (Å²) in [6.07, 6.45) is 0.726. The number of amides is 2. The summed E-state index contributed by atoms with van der Waals surface area (Å²) in [4.78, 5) is 37.0. The van der Waals surface area contributed by atoms with E-state index >= 15 is 0 Å².